The van der Waals surface area contributed by atoms with Gasteiger partial charge in [0.05, 0.1) is 24.0 Å². The Hall–Kier alpha value is -1.59. The summed E-state index contributed by atoms with van der Waals surface area (Å²) in [6.45, 7) is 0.361. The van der Waals surface area contributed by atoms with E-state index >= 15 is 0 Å². The number of thiophene rings is 1. The first-order chi connectivity index (χ1) is 13.1. The van der Waals surface area contributed by atoms with E-state index in [0.29, 0.717) is 18.7 Å². The number of alkyl halides is 3. The molecule has 1 unspecified atom stereocenters. The van der Waals surface area contributed by atoms with Crippen LogP contribution >= 0.6 is 11.3 Å². The molecule has 6 nitrogen and oxygen atoms in total. The second-order valence-electron chi connectivity index (χ2n) is 7.29. The van der Waals surface area contributed by atoms with Crippen molar-refractivity contribution in [2.75, 3.05) is 18.1 Å². The van der Waals surface area contributed by atoms with Crippen LogP contribution in [0.2, 0.25) is 0 Å². The molecule has 1 fully saturated rings. The Morgan fingerprint density at radius 1 is 1.32 bits per heavy atom. The first-order valence-corrected chi connectivity index (χ1v) is 11.8. The Bertz CT molecular complexity index is 940. The van der Waals surface area contributed by atoms with Crippen molar-refractivity contribution >= 4 is 27.2 Å². The number of rotatable bonds is 3. The summed E-state index contributed by atoms with van der Waals surface area (Å²) in [5, 5.41) is 9.23. The highest BCUT2D eigenvalue weighted by Gasteiger charge is 2.47. The normalized spacial score (nSPS) is 26.6. The molecule has 28 heavy (non-hydrogen) atoms. The lowest BCUT2D eigenvalue weighted by atomic mass is 10.0. The third kappa shape index (κ3) is 3.67. The predicted molar refractivity (Wildman–Crippen MR) is 101 cm³/mol. The van der Waals surface area contributed by atoms with E-state index in [0.717, 1.165) is 28.7 Å². The molecule has 4 heterocycles. The van der Waals surface area contributed by atoms with Crippen molar-refractivity contribution in [2.24, 2.45) is 0 Å². The topological polar surface area (TPSA) is 67.2 Å². The average molecular weight is 435 g/mol. The molecule has 4 rings (SSSR count). The van der Waals surface area contributed by atoms with Gasteiger partial charge in [-0.05, 0) is 24.3 Å². The summed E-state index contributed by atoms with van der Waals surface area (Å²) in [6, 6.07) is 2.47. The van der Waals surface area contributed by atoms with Gasteiger partial charge < -0.3 is 5.32 Å². The van der Waals surface area contributed by atoms with Crippen molar-refractivity contribution in [1.29, 1.82) is 0 Å². The van der Waals surface area contributed by atoms with Gasteiger partial charge in [0.1, 0.15) is 5.82 Å². The van der Waals surface area contributed by atoms with Crippen LogP contribution in [0.4, 0.5) is 19.0 Å². The van der Waals surface area contributed by atoms with Crippen LogP contribution in [-0.2, 0) is 10.0 Å². The van der Waals surface area contributed by atoms with Crippen LogP contribution in [0.1, 0.15) is 54.4 Å². The number of hydrogen-bond donors (Lipinski definition) is 1. The number of nitrogens with zero attached hydrogens (tertiary/aromatic N) is 3. The number of fused-ring (bicyclic) bond motifs is 1. The van der Waals surface area contributed by atoms with Crippen molar-refractivity contribution in [2.45, 2.75) is 50.0 Å². The van der Waals surface area contributed by atoms with Crippen LogP contribution in [0, 0.1) is 0 Å². The number of halogens is 3. The summed E-state index contributed by atoms with van der Waals surface area (Å²) in [4.78, 5) is 0.832. The number of nitrogens with one attached hydrogen (secondary N) is 1. The molecular formula is C17H21F3N4O2S2. The number of sulfonamides is 1. The third-order valence-electron chi connectivity index (χ3n) is 5.32. The molecule has 0 aromatic carbocycles. The average Bonchev–Trinajstić information content (AvgIpc) is 3.28. The Labute approximate surface area is 165 Å². The summed E-state index contributed by atoms with van der Waals surface area (Å²) >= 11 is 1.41. The number of aromatic nitrogens is 2. The molecule has 0 spiro atoms. The van der Waals surface area contributed by atoms with E-state index in [4.69, 9.17) is 0 Å². The highest BCUT2D eigenvalue weighted by molar-refractivity contribution is 7.88. The SMILES string of the molecule is CS(=O)(=O)N1CCCCC1c1cc2n(n1)[C@@H](C(F)(F)F)C[C@@H](c1cccs1)N2. The largest absolute Gasteiger partial charge is 0.410 e. The smallest absolute Gasteiger partial charge is 0.363 e. The molecule has 2 aromatic rings. The maximum absolute atomic E-state index is 13.8. The molecule has 0 aliphatic carbocycles. The summed E-state index contributed by atoms with van der Waals surface area (Å²) in [6.07, 6.45) is -1.37. The molecule has 0 bridgehead atoms. The van der Waals surface area contributed by atoms with Crippen LogP contribution in [0.25, 0.3) is 0 Å². The van der Waals surface area contributed by atoms with E-state index in [-0.39, 0.29) is 12.2 Å². The fraction of sp³-hybridized carbons (Fsp3) is 0.588. The number of piperidine rings is 1. The quantitative estimate of drug-likeness (QED) is 0.790. The van der Waals surface area contributed by atoms with Crippen molar-refractivity contribution in [3.8, 4) is 0 Å². The van der Waals surface area contributed by atoms with Gasteiger partial charge in [0.2, 0.25) is 10.0 Å². The van der Waals surface area contributed by atoms with Crippen LogP contribution in [0.5, 0.6) is 0 Å². The molecule has 2 aliphatic rings. The summed E-state index contributed by atoms with van der Waals surface area (Å²) in [5.74, 6) is 0.279. The van der Waals surface area contributed by atoms with E-state index in [9.17, 15) is 21.6 Å². The number of hydrogen-bond acceptors (Lipinski definition) is 5. The van der Waals surface area contributed by atoms with E-state index < -0.39 is 34.3 Å². The van der Waals surface area contributed by atoms with Gasteiger partial charge in [-0.25, -0.2) is 13.1 Å². The Kier molecular flexibility index (Phi) is 4.95. The molecule has 11 heteroatoms. The van der Waals surface area contributed by atoms with Gasteiger partial charge in [-0.1, -0.05) is 12.5 Å². The van der Waals surface area contributed by atoms with Gasteiger partial charge >= 0.3 is 6.18 Å². The molecule has 0 saturated carbocycles. The van der Waals surface area contributed by atoms with Gasteiger partial charge in [0, 0.05) is 23.9 Å². The van der Waals surface area contributed by atoms with E-state index in [1.54, 1.807) is 6.07 Å². The van der Waals surface area contributed by atoms with Gasteiger partial charge in [0.25, 0.3) is 0 Å². The van der Waals surface area contributed by atoms with Crippen LogP contribution in [-0.4, -0.2) is 41.5 Å². The molecule has 3 atom stereocenters. The lowest BCUT2D eigenvalue weighted by Gasteiger charge is -2.33. The highest BCUT2D eigenvalue weighted by Crippen LogP contribution is 2.45. The molecule has 0 amide bonds. The minimum atomic E-state index is -4.45. The molecule has 1 N–H and O–H groups in total. The molecular weight excluding hydrogens is 413 g/mol. The second kappa shape index (κ2) is 7.03. The number of anilines is 1. The van der Waals surface area contributed by atoms with Crippen LogP contribution in [0.3, 0.4) is 0 Å². The minimum absolute atomic E-state index is 0.154. The predicted octanol–water partition coefficient (Wildman–Crippen LogP) is 4.09. The Morgan fingerprint density at radius 3 is 2.75 bits per heavy atom. The van der Waals surface area contributed by atoms with Crippen molar-refractivity contribution < 1.29 is 21.6 Å². The first-order valence-electron chi connectivity index (χ1n) is 9.07. The summed E-state index contributed by atoms with van der Waals surface area (Å²) < 4.78 is 67.9. The van der Waals surface area contributed by atoms with Crippen molar-refractivity contribution in [3.05, 3.63) is 34.2 Å². The maximum atomic E-state index is 13.8. The molecule has 154 valence electrons. The van der Waals surface area contributed by atoms with Crippen molar-refractivity contribution in [1.82, 2.24) is 14.1 Å². The summed E-state index contributed by atoms with van der Waals surface area (Å²) in [5.41, 5.74) is 0.369. The Balaban J connectivity index is 1.72. The zero-order valence-electron chi connectivity index (χ0n) is 15.2. The van der Waals surface area contributed by atoms with Gasteiger partial charge in [-0.2, -0.15) is 22.6 Å². The minimum Gasteiger partial charge on any atom is -0.363 e. The third-order valence-corrected chi connectivity index (χ3v) is 7.59. The first kappa shape index (κ1) is 19.7. The maximum Gasteiger partial charge on any atom is 0.410 e. The van der Waals surface area contributed by atoms with Gasteiger partial charge in [-0.15, -0.1) is 11.3 Å². The monoisotopic (exact) mass is 434 g/mol. The van der Waals surface area contributed by atoms with Crippen LogP contribution < -0.4 is 5.32 Å². The van der Waals surface area contributed by atoms with Gasteiger partial charge in [0.15, 0.2) is 6.04 Å². The fourth-order valence-electron chi connectivity index (χ4n) is 4.03. The molecule has 2 aromatic heterocycles. The zero-order chi connectivity index (χ0) is 20.1. The van der Waals surface area contributed by atoms with Crippen molar-refractivity contribution in [3.63, 3.8) is 0 Å². The highest BCUT2D eigenvalue weighted by atomic mass is 32.2. The van der Waals surface area contributed by atoms with E-state index in [1.807, 2.05) is 17.5 Å². The lowest BCUT2D eigenvalue weighted by molar-refractivity contribution is -0.173. The second-order valence-corrected chi connectivity index (χ2v) is 10.2. The zero-order valence-corrected chi connectivity index (χ0v) is 16.8. The van der Waals surface area contributed by atoms with Crippen LogP contribution in [0.15, 0.2) is 23.6 Å². The molecule has 2 aliphatic heterocycles. The molecule has 1 saturated heterocycles. The standard InChI is InChI=1S/C17H21F3N4O2S2/c1-28(25,26)23-7-3-2-5-13(23)11-10-16-21-12(14-6-4-8-27-14)9-15(17(18,19)20)24(16)22-11/h4,6,8,10,12-13,15,21H,2-3,5,7,9H2,1H3/t12-,13?,15+/m0/s1. The Morgan fingerprint density at radius 2 is 2.11 bits per heavy atom. The lowest BCUT2D eigenvalue weighted by Crippen LogP contribution is -2.38. The fourth-order valence-corrected chi connectivity index (χ4v) is 5.96. The van der Waals surface area contributed by atoms with E-state index in [1.165, 1.54) is 15.6 Å². The molecule has 0 radical (unpaired) electrons. The summed E-state index contributed by atoms with van der Waals surface area (Å²) in [7, 11) is -3.47. The van der Waals surface area contributed by atoms with Gasteiger partial charge in [-0.3, -0.25) is 0 Å². The van der Waals surface area contributed by atoms with E-state index in [2.05, 4.69) is 10.4 Å².